The molecule has 132 valence electrons. The Morgan fingerprint density at radius 3 is 2.62 bits per heavy atom. The Balaban J connectivity index is 1.29. The maximum atomic E-state index is 12.8. The van der Waals surface area contributed by atoms with Gasteiger partial charge in [0, 0.05) is 18.7 Å². The van der Waals surface area contributed by atoms with E-state index in [2.05, 4.69) is 10.1 Å². The smallest absolute Gasteiger partial charge is 0.260 e. The van der Waals surface area contributed by atoms with Crippen LogP contribution in [0.1, 0.15) is 11.8 Å². The van der Waals surface area contributed by atoms with Crippen LogP contribution in [-0.2, 0) is 4.79 Å². The Kier molecular flexibility index (Phi) is 4.35. The molecule has 1 aliphatic heterocycles. The molecule has 1 aliphatic rings. The van der Waals surface area contributed by atoms with Gasteiger partial charge in [0.1, 0.15) is 11.6 Å². The summed E-state index contributed by atoms with van der Waals surface area (Å²) in [5.41, 5.74) is 0.891. The van der Waals surface area contributed by atoms with Crippen LogP contribution in [0.2, 0.25) is 0 Å². The minimum atomic E-state index is -0.344. The molecular weight excluding hydrogens is 337 g/mol. The molecule has 6 nitrogen and oxygen atoms in total. The SMILES string of the molecule is O=C(COc1ccc(F)cc1)N1CC(c2nc(-c3ccccc3)no2)C1. The molecule has 3 aromatic rings. The van der Waals surface area contributed by atoms with Crippen LogP contribution in [0.25, 0.3) is 11.4 Å². The molecule has 7 heteroatoms. The number of halogens is 1. The van der Waals surface area contributed by atoms with Gasteiger partial charge in [-0.1, -0.05) is 35.5 Å². The highest BCUT2D eigenvalue weighted by molar-refractivity contribution is 5.78. The third kappa shape index (κ3) is 3.42. The molecule has 1 aromatic heterocycles. The molecular formula is C19H16FN3O3. The first kappa shape index (κ1) is 16.3. The summed E-state index contributed by atoms with van der Waals surface area (Å²) in [4.78, 5) is 18.2. The third-order valence-electron chi connectivity index (χ3n) is 4.23. The summed E-state index contributed by atoms with van der Waals surface area (Å²) < 4.78 is 23.5. The number of benzene rings is 2. The van der Waals surface area contributed by atoms with Crippen molar-refractivity contribution in [2.45, 2.75) is 5.92 Å². The van der Waals surface area contributed by atoms with E-state index in [1.807, 2.05) is 30.3 Å². The molecule has 0 aliphatic carbocycles. The van der Waals surface area contributed by atoms with Crippen LogP contribution >= 0.6 is 0 Å². The van der Waals surface area contributed by atoms with Gasteiger partial charge in [-0.25, -0.2) is 4.39 Å². The fourth-order valence-corrected chi connectivity index (χ4v) is 2.71. The van der Waals surface area contributed by atoms with E-state index in [9.17, 15) is 9.18 Å². The zero-order valence-corrected chi connectivity index (χ0v) is 13.8. The summed E-state index contributed by atoms with van der Waals surface area (Å²) >= 11 is 0. The first-order valence-corrected chi connectivity index (χ1v) is 8.24. The lowest BCUT2D eigenvalue weighted by Crippen LogP contribution is -2.50. The molecule has 26 heavy (non-hydrogen) atoms. The van der Waals surface area contributed by atoms with Crippen LogP contribution in [-0.4, -0.2) is 40.6 Å². The Labute approximate surface area is 149 Å². The van der Waals surface area contributed by atoms with Crippen molar-refractivity contribution < 1.29 is 18.4 Å². The zero-order valence-electron chi connectivity index (χ0n) is 13.8. The van der Waals surface area contributed by atoms with Gasteiger partial charge in [0.25, 0.3) is 5.91 Å². The number of carbonyl (C=O) groups excluding carboxylic acids is 1. The van der Waals surface area contributed by atoms with Crippen molar-refractivity contribution in [1.82, 2.24) is 15.0 Å². The van der Waals surface area contributed by atoms with E-state index >= 15 is 0 Å². The van der Waals surface area contributed by atoms with E-state index in [1.165, 1.54) is 24.3 Å². The van der Waals surface area contributed by atoms with Crippen molar-refractivity contribution in [3.63, 3.8) is 0 Å². The first-order valence-electron chi connectivity index (χ1n) is 8.24. The Morgan fingerprint density at radius 1 is 1.15 bits per heavy atom. The van der Waals surface area contributed by atoms with Crippen molar-refractivity contribution in [2.24, 2.45) is 0 Å². The summed E-state index contributed by atoms with van der Waals surface area (Å²) in [6, 6.07) is 15.1. The summed E-state index contributed by atoms with van der Waals surface area (Å²) in [5, 5.41) is 4.00. The first-order chi connectivity index (χ1) is 12.7. The summed E-state index contributed by atoms with van der Waals surface area (Å²) in [6.07, 6.45) is 0. The van der Waals surface area contributed by atoms with Crippen LogP contribution in [0, 0.1) is 5.82 Å². The lowest BCUT2D eigenvalue weighted by Gasteiger charge is -2.36. The van der Waals surface area contributed by atoms with E-state index in [4.69, 9.17) is 9.26 Å². The maximum absolute atomic E-state index is 12.8. The maximum Gasteiger partial charge on any atom is 0.260 e. The Morgan fingerprint density at radius 2 is 1.88 bits per heavy atom. The third-order valence-corrected chi connectivity index (χ3v) is 4.23. The molecule has 1 fully saturated rings. The van der Waals surface area contributed by atoms with Crippen molar-refractivity contribution >= 4 is 5.91 Å². The standard InChI is InChI=1S/C19H16FN3O3/c20-15-6-8-16(9-7-15)25-12-17(24)23-10-14(11-23)19-21-18(22-26-19)13-4-2-1-3-5-13/h1-9,14H,10-12H2. The second-order valence-electron chi connectivity index (χ2n) is 6.06. The molecule has 1 saturated heterocycles. The largest absolute Gasteiger partial charge is 0.484 e. The van der Waals surface area contributed by atoms with Gasteiger partial charge in [0.2, 0.25) is 11.7 Å². The van der Waals surface area contributed by atoms with Gasteiger partial charge in [-0.15, -0.1) is 0 Å². The lowest BCUT2D eigenvalue weighted by atomic mass is 10.0. The molecule has 0 spiro atoms. The molecule has 0 bridgehead atoms. The number of ether oxygens (including phenoxy) is 1. The Bertz CT molecular complexity index is 890. The predicted molar refractivity (Wildman–Crippen MR) is 91.0 cm³/mol. The average molecular weight is 353 g/mol. The Hall–Kier alpha value is -3.22. The summed E-state index contributed by atoms with van der Waals surface area (Å²) in [7, 11) is 0. The number of hydrogen-bond donors (Lipinski definition) is 0. The van der Waals surface area contributed by atoms with E-state index < -0.39 is 0 Å². The molecule has 1 amide bonds. The van der Waals surface area contributed by atoms with Gasteiger partial charge >= 0.3 is 0 Å². The molecule has 0 saturated carbocycles. The summed E-state index contributed by atoms with van der Waals surface area (Å²) in [5.74, 6) is 1.10. The number of hydrogen-bond acceptors (Lipinski definition) is 5. The van der Waals surface area contributed by atoms with Gasteiger partial charge in [0.05, 0.1) is 5.92 Å². The number of carbonyl (C=O) groups is 1. The number of likely N-dealkylation sites (tertiary alicyclic amines) is 1. The van der Waals surface area contributed by atoms with Crippen LogP contribution in [0.5, 0.6) is 5.75 Å². The molecule has 0 atom stereocenters. The minimum Gasteiger partial charge on any atom is -0.484 e. The van der Waals surface area contributed by atoms with E-state index in [1.54, 1.807) is 4.90 Å². The van der Waals surface area contributed by atoms with Gasteiger partial charge < -0.3 is 14.2 Å². The quantitative estimate of drug-likeness (QED) is 0.705. The second-order valence-corrected chi connectivity index (χ2v) is 6.06. The predicted octanol–water partition coefficient (Wildman–Crippen LogP) is 2.88. The van der Waals surface area contributed by atoms with Gasteiger partial charge in [-0.05, 0) is 24.3 Å². The number of rotatable bonds is 5. The highest BCUT2D eigenvalue weighted by Gasteiger charge is 2.35. The normalized spacial score (nSPS) is 14.1. The summed E-state index contributed by atoms with van der Waals surface area (Å²) in [6.45, 7) is 0.946. The lowest BCUT2D eigenvalue weighted by molar-refractivity contribution is -0.138. The topological polar surface area (TPSA) is 68.5 Å². The zero-order chi connectivity index (χ0) is 17.9. The van der Waals surface area contributed by atoms with Crippen LogP contribution in [0.15, 0.2) is 59.1 Å². The van der Waals surface area contributed by atoms with Crippen molar-refractivity contribution in [2.75, 3.05) is 19.7 Å². The molecule has 0 unspecified atom stereocenters. The van der Waals surface area contributed by atoms with Gasteiger partial charge in [0.15, 0.2) is 6.61 Å². The number of amides is 1. The molecule has 4 rings (SSSR count). The average Bonchev–Trinajstić information content (AvgIpc) is 3.10. The van der Waals surface area contributed by atoms with Gasteiger partial charge in [-0.3, -0.25) is 4.79 Å². The molecule has 2 heterocycles. The number of nitrogens with zero attached hydrogens (tertiary/aromatic N) is 3. The van der Waals surface area contributed by atoms with Crippen molar-refractivity contribution in [1.29, 1.82) is 0 Å². The van der Waals surface area contributed by atoms with Crippen LogP contribution in [0.3, 0.4) is 0 Å². The van der Waals surface area contributed by atoms with Crippen molar-refractivity contribution in [3.8, 4) is 17.1 Å². The highest BCUT2D eigenvalue weighted by Crippen LogP contribution is 2.27. The monoisotopic (exact) mass is 353 g/mol. The highest BCUT2D eigenvalue weighted by atomic mass is 19.1. The fourth-order valence-electron chi connectivity index (χ4n) is 2.71. The van der Waals surface area contributed by atoms with E-state index in [0.29, 0.717) is 30.6 Å². The van der Waals surface area contributed by atoms with Crippen LogP contribution < -0.4 is 4.74 Å². The molecule has 0 radical (unpaired) electrons. The van der Waals surface area contributed by atoms with E-state index in [0.717, 1.165) is 5.56 Å². The minimum absolute atomic E-state index is 0.0368. The van der Waals surface area contributed by atoms with Crippen LogP contribution in [0.4, 0.5) is 4.39 Å². The fraction of sp³-hybridized carbons (Fsp3) is 0.211. The molecule has 0 N–H and O–H groups in total. The van der Waals surface area contributed by atoms with Gasteiger partial charge in [-0.2, -0.15) is 4.98 Å². The molecule has 2 aromatic carbocycles. The second kappa shape index (κ2) is 6.95. The number of aromatic nitrogens is 2. The van der Waals surface area contributed by atoms with E-state index in [-0.39, 0.29) is 24.2 Å². The van der Waals surface area contributed by atoms with Crippen molar-refractivity contribution in [3.05, 3.63) is 66.3 Å².